The van der Waals surface area contributed by atoms with Crippen LogP contribution in [0.3, 0.4) is 0 Å². The van der Waals surface area contributed by atoms with E-state index in [0.29, 0.717) is 17.9 Å². The number of benzene rings is 1. The highest BCUT2D eigenvalue weighted by molar-refractivity contribution is 5.78. The van der Waals surface area contributed by atoms with Crippen LogP contribution < -0.4 is 5.73 Å². The largest absolute Gasteiger partial charge is 0.328 e. The maximum atomic E-state index is 14.1. The van der Waals surface area contributed by atoms with Gasteiger partial charge in [0.25, 0.3) is 0 Å². The van der Waals surface area contributed by atoms with Gasteiger partial charge < -0.3 is 10.3 Å². The molecule has 0 spiro atoms. The van der Waals surface area contributed by atoms with Crippen LogP contribution in [0.4, 0.5) is 4.39 Å². The SMILES string of the molecule is Cc1cnc2c(c1)nc(-c1ccccc1F)n2C(C)CN. The van der Waals surface area contributed by atoms with E-state index in [-0.39, 0.29) is 11.9 Å². The number of aromatic nitrogens is 3. The molecule has 3 rings (SSSR count). The van der Waals surface area contributed by atoms with E-state index in [2.05, 4.69) is 9.97 Å². The molecular weight excluding hydrogens is 267 g/mol. The van der Waals surface area contributed by atoms with Gasteiger partial charge in [0.05, 0.1) is 5.56 Å². The Morgan fingerprint density at radius 2 is 2.10 bits per heavy atom. The second-order valence-electron chi connectivity index (χ2n) is 5.23. The number of halogens is 1. The number of fused-ring (bicyclic) bond motifs is 1. The van der Waals surface area contributed by atoms with Gasteiger partial charge in [0, 0.05) is 18.8 Å². The van der Waals surface area contributed by atoms with Crippen molar-refractivity contribution in [2.75, 3.05) is 6.54 Å². The van der Waals surface area contributed by atoms with E-state index in [1.165, 1.54) is 6.07 Å². The zero-order valence-electron chi connectivity index (χ0n) is 12.0. The van der Waals surface area contributed by atoms with E-state index < -0.39 is 0 Å². The molecule has 0 amide bonds. The van der Waals surface area contributed by atoms with Gasteiger partial charge in [-0.2, -0.15) is 0 Å². The second-order valence-corrected chi connectivity index (χ2v) is 5.23. The number of hydrogen-bond acceptors (Lipinski definition) is 3. The fourth-order valence-corrected chi connectivity index (χ4v) is 2.44. The van der Waals surface area contributed by atoms with Crippen molar-refractivity contribution in [1.29, 1.82) is 0 Å². The molecule has 3 aromatic rings. The molecule has 0 radical (unpaired) electrons. The fourth-order valence-electron chi connectivity index (χ4n) is 2.44. The molecule has 0 aliphatic rings. The highest BCUT2D eigenvalue weighted by Crippen LogP contribution is 2.29. The van der Waals surface area contributed by atoms with Crippen LogP contribution in [0.25, 0.3) is 22.6 Å². The van der Waals surface area contributed by atoms with Crippen molar-refractivity contribution in [3.05, 3.63) is 47.9 Å². The monoisotopic (exact) mass is 284 g/mol. The summed E-state index contributed by atoms with van der Waals surface area (Å²) in [4.78, 5) is 9.03. The number of aryl methyl sites for hydroxylation is 1. The summed E-state index contributed by atoms with van der Waals surface area (Å²) in [7, 11) is 0. The lowest BCUT2D eigenvalue weighted by Crippen LogP contribution is -2.17. The summed E-state index contributed by atoms with van der Waals surface area (Å²) >= 11 is 0. The molecule has 0 aliphatic heterocycles. The Morgan fingerprint density at radius 3 is 2.81 bits per heavy atom. The van der Waals surface area contributed by atoms with Gasteiger partial charge in [-0.1, -0.05) is 12.1 Å². The molecule has 108 valence electrons. The zero-order chi connectivity index (χ0) is 15.0. The summed E-state index contributed by atoms with van der Waals surface area (Å²) in [6, 6.07) is 8.56. The maximum Gasteiger partial charge on any atom is 0.160 e. The van der Waals surface area contributed by atoms with Crippen LogP contribution in [0.1, 0.15) is 18.5 Å². The van der Waals surface area contributed by atoms with Crippen molar-refractivity contribution >= 4 is 11.2 Å². The van der Waals surface area contributed by atoms with E-state index >= 15 is 0 Å². The fraction of sp³-hybridized carbons (Fsp3) is 0.250. The minimum Gasteiger partial charge on any atom is -0.328 e. The summed E-state index contributed by atoms with van der Waals surface area (Å²) in [5.74, 6) is 0.272. The normalized spacial score (nSPS) is 12.8. The van der Waals surface area contributed by atoms with Gasteiger partial charge in [0.1, 0.15) is 17.2 Å². The quantitative estimate of drug-likeness (QED) is 0.804. The van der Waals surface area contributed by atoms with Crippen molar-refractivity contribution in [3.63, 3.8) is 0 Å². The molecule has 0 saturated carbocycles. The minimum atomic E-state index is -0.296. The number of hydrogen-bond donors (Lipinski definition) is 1. The third-order valence-corrected chi connectivity index (χ3v) is 3.56. The third kappa shape index (κ3) is 2.29. The van der Waals surface area contributed by atoms with Gasteiger partial charge in [-0.3, -0.25) is 0 Å². The van der Waals surface area contributed by atoms with E-state index in [1.54, 1.807) is 24.4 Å². The lowest BCUT2D eigenvalue weighted by Gasteiger charge is -2.15. The first kappa shape index (κ1) is 13.7. The number of pyridine rings is 1. The molecule has 2 aromatic heterocycles. The van der Waals surface area contributed by atoms with E-state index in [1.807, 2.05) is 24.5 Å². The molecule has 5 heteroatoms. The molecular formula is C16H17FN4. The molecule has 21 heavy (non-hydrogen) atoms. The maximum absolute atomic E-state index is 14.1. The molecule has 4 nitrogen and oxygen atoms in total. The molecule has 1 aromatic carbocycles. The van der Waals surface area contributed by atoms with Crippen LogP contribution in [-0.4, -0.2) is 21.1 Å². The average Bonchev–Trinajstić information content (AvgIpc) is 2.85. The van der Waals surface area contributed by atoms with Crippen molar-refractivity contribution in [1.82, 2.24) is 14.5 Å². The van der Waals surface area contributed by atoms with Crippen LogP contribution >= 0.6 is 0 Å². The number of imidazole rings is 1. The molecule has 0 fully saturated rings. The minimum absolute atomic E-state index is 0.0141. The first-order valence-corrected chi connectivity index (χ1v) is 6.91. The van der Waals surface area contributed by atoms with Crippen molar-refractivity contribution in [2.24, 2.45) is 5.73 Å². The Balaban J connectivity index is 2.33. The summed E-state index contributed by atoms with van der Waals surface area (Å²) < 4.78 is 16.0. The summed E-state index contributed by atoms with van der Waals surface area (Å²) in [5.41, 5.74) is 8.78. The molecule has 2 N–H and O–H groups in total. The summed E-state index contributed by atoms with van der Waals surface area (Å²) in [6.45, 7) is 4.37. The predicted molar refractivity (Wildman–Crippen MR) is 81.4 cm³/mol. The lowest BCUT2D eigenvalue weighted by atomic mass is 10.2. The smallest absolute Gasteiger partial charge is 0.160 e. The first-order valence-electron chi connectivity index (χ1n) is 6.91. The number of nitrogens with zero attached hydrogens (tertiary/aromatic N) is 3. The molecule has 0 aliphatic carbocycles. The van der Waals surface area contributed by atoms with Gasteiger partial charge in [-0.25, -0.2) is 14.4 Å². The van der Waals surface area contributed by atoms with Crippen LogP contribution in [-0.2, 0) is 0 Å². The Kier molecular flexibility index (Phi) is 3.43. The molecule has 1 unspecified atom stereocenters. The van der Waals surface area contributed by atoms with Crippen LogP contribution in [0.15, 0.2) is 36.5 Å². The van der Waals surface area contributed by atoms with E-state index in [4.69, 9.17) is 5.73 Å². The van der Waals surface area contributed by atoms with Crippen LogP contribution in [0.2, 0.25) is 0 Å². The average molecular weight is 284 g/mol. The number of nitrogens with two attached hydrogens (primary N) is 1. The predicted octanol–water partition coefficient (Wildman–Crippen LogP) is 3.07. The lowest BCUT2D eigenvalue weighted by molar-refractivity contribution is 0.570. The highest BCUT2D eigenvalue weighted by Gasteiger charge is 2.19. The molecule has 0 bridgehead atoms. The second kappa shape index (κ2) is 5.26. The molecule has 1 atom stereocenters. The third-order valence-electron chi connectivity index (χ3n) is 3.56. The Labute approximate surface area is 122 Å². The Bertz CT molecular complexity index is 794. The standard InChI is InChI=1S/C16H17FN4/c1-10-7-14-16(19-9-10)21(11(2)8-18)15(20-14)12-5-3-4-6-13(12)17/h3-7,9,11H,8,18H2,1-2H3. The summed E-state index contributed by atoms with van der Waals surface area (Å²) in [6.07, 6.45) is 1.79. The van der Waals surface area contributed by atoms with Crippen molar-refractivity contribution < 1.29 is 4.39 Å². The van der Waals surface area contributed by atoms with E-state index in [0.717, 1.165) is 16.7 Å². The van der Waals surface area contributed by atoms with Gasteiger partial charge >= 0.3 is 0 Å². The zero-order valence-corrected chi connectivity index (χ0v) is 12.0. The van der Waals surface area contributed by atoms with Crippen LogP contribution in [0.5, 0.6) is 0 Å². The highest BCUT2D eigenvalue weighted by atomic mass is 19.1. The van der Waals surface area contributed by atoms with Gasteiger partial charge in [0.15, 0.2) is 5.65 Å². The van der Waals surface area contributed by atoms with Gasteiger partial charge in [0.2, 0.25) is 0 Å². The van der Waals surface area contributed by atoms with E-state index in [9.17, 15) is 4.39 Å². The topological polar surface area (TPSA) is 56.7 Å². The van der Waals surface area contributed by atoms with Crippen molar-refractivity contribution in [3.8, 4) is 11.4 Å². The van der Waals surface area contributed by atoms with Gasteiger partial charge in [-0.15, -0.1) is 0 Å². The van der Waals surface area contributed by atoms with Gasteiger partial charge in [-0.05, 0) is 37.6 Å². The number of rotatable bonds is 3. The first-order chi connectivity index (χ1) is 10.1. The van der Waals surface area contributed by atoms with Crippen LogP contribution in [0, 0.1) is 12.7 Å². The Hall–Kier alpha value is -2.27. The Morgan fingerprint density at radius 1 is 1.33 bits per heavy atom. The molecule has 2 heterocycles. The summed E-state index contributed by atoms with van der Waals surface area (Å²) in [5, 5.41) is 0. The van der Waals surface area contributed by atoms with Crippen molar-refractivity contribution in [2.45, 2.75) is 19.9 Å². The molecule has 0 saturated heterocycles.